The molecule has 0 fully saturated rings. The van der Waals surface area contributed by atoms with Crippen molar-refractivity contribution in [3.8, 4) is 0 Å². The zero-order valence-corrected chi connectivity index (χ0v) is 10.2. The highest BCUT2D eigenvalue weighted by Crippen LogP contribution is 2.51. The van der Waals surface area contributed by atoms with Gasteiger partial charge in [0, 0.05) is 17.8 Å². The Morgan fingerprint density at radius 1 is 1.35 bits per heavy atom. The van der Waals surface area contributed by atoms with E-state index in [9.17, 15) is 19.4 Å². The van der Waals surface area contributed by atoms with E-state index in [2.05, 4.69) is 0 Å². The van der Waals surface area contributed by atoms with Crippen LogP contribution < -0.4 is 5.11 Å². The number of hydrogen-bond donors (Lipinski definition) is 1. The molecule has 0 saturated heterocycles. The zero-order chi connectivity index (χ0) is 12.5. The molecule has 17 heavy (non-hydrogen) atoms. The summed E-state index contributed by atoms with van der Waals surface area (Å²) < 4.78 is 12.1. The van der Waals surface area contributed by atoms with Gasteiger partial charge in [-0.15, -0.1) is 0 Å². The predicted molar refractivity (Wildman–Crippen MR) is 62.0 cm³/mol. The highest BCUT2D eigenvalue weighted by atomic mass is 31.2. The second kappa shape index (κ2) is 4.63. The van der Waals surface area contributed by atoms with E-state index in [1.54, 1.807) is 0 Å². The lowest BCUT2D eigenvalue weighted by molar-refractivity contribution is -0.305. The number of carboxylic acids is 1. The maximum atomic E-state index is 12.1. The Kier molecular flexibility index (Phi) is 3.36. The van der Waals surface area contributed by atoms with Crippen LogP contribution in [0.3, 0.4) is 0 Å². The van der Waals surface area contributed by atoms with Crippen LogP contribution >= 0.6 is 7.37 Å². The van der Waals surface area contributed by atoms with Crippen LogP contribution in [0.5, 0.6) is 0 Å². The molecule has 0 aliphatic heterocycles. The first-order valence-electron chi connectivity index (χ1n) is 5.57. The van der Waals surface area contributed by atoms with Crippen molar-refractivity contribution in [1.29, 1.82) is 0 Å². The molecule has 1 aliphatic carbocycles. The topological polar surface area (TPSA) is 77.4 Å². The standard InChI is InChI=1S/C12H15O4P/c13-12(14)5-6-17(15,16)11-7-9-3-1-2-4-10(9)8-11/h1-4,11H,5-8H2,(H,13,14)(H,15,16)/p-1. The lowest BCUT2D eigenvalue weighted by atomic mass is 10.1. The Bertz CT molecular complexity index is 458. The highest BCUT2D eigenvalue weighted by molar-refractivity contribution is 7.58. The first-order chi connectivity index (χ1) is 7.99. The molecule has 1 atom stereocenters. The number of aliphatic carboxylic acids is 1. The number of benzene rings is 1. The smallest absolute Gasteiger partial charge is 0.204 e. The Hall–Kier alpha value is -1.12. The van der Waals surface area contributed by atoms with Crippen molar-refractivity contribution in [3.63, 3.8) is 0 Å². The van der Waals surface area contributed by atoms with Gasteiger partial charge in [0.05, 0.1) is 0 Å². The summed E-state index contributed by atoms with van der Waals surface area (Å²) in [5.41, 5.74) is 1.86. The number of fused-ring (bicyclic) bond motifs is 1. The summed E-state index contributed by atoms with van der Waals surface area (Å²) in [5, 5.41) is 10.3. The van der Waals surface area contributed by atoms with Crippen LogP contribution in [0, 0.1) is 0 Å². The van der Waals surface area contributed by atoms with Crippen molar-refractivity contribution in [1.82, 2.24) is 0 Å². The quantitative estimate of drug-likeness (QED) is 0.795. The summed E-state index contributed by atoms with van der Waals surface area (Å²) in [7, 11) is -3.40. The van der Waals surface area contributed by atoms with Crippen LogP contribution in [-0.4, -0.2) is 22.7 Å². The number of carbonyl (C=O) groups is 1. The molecule has 0 aromatic heterocycles. The molecule has 92 valence electrons. The third-order valence-electron chi connectivity index (χ3n) is 3.24. The van der Waals surface area contributed by atoms with Crippen LogP contribution in [0.2, 0.25) is 0 Å². The number of hydrogen-bond acceptors (Lipinski definition) is 3. The molecule has 0 saturated carbocycles. The highest BCUT2D eigenvalue weighted by Gasteiger charge is 2.35. The van der Waals surface area contributed by atoms with E-state index in [0.717, 1.165) is 11.1 Å². The first-order valence-corrected chi connectivity index (χ1v) is 7.48. The fourth-order valence-corrected chi connectivity index (χ4v) is 4.09. The van der Waals surface area contributed by atoms with E-state index in [1.807, 2.05) is 24.3 Å². The predicted octanol–water partition coefficient (Wildman–Crippen LogP) is 0.564. The summed E-state index contributed by atoms with van der Waals surface area (Å²) >= 11 is 0. The van der Waals surface area contributed by atoms with Crippen LogP contribution in [0.4, 0.5) is 0 Å². The largest absolute Gasteiger partial charge is 0.550 e. The van der Waals surface area contributed by atoms with E-state index in [1.165, 1.54) is 0 Å². The fourth-order valence-electron chi connectivity index (χ4n) is 2.25. The van der Waals surface area contributed by atoms with E-state index in [-0.39, 0.29) is 18.2 Å². The normalized spacial score (nSPS) is 18.6. The third-order valence-corrected chi connectivity index (χ3v) is 5.61. The minimum absolute atomic E-state index is 0.187. The van der Waals surface area contributed by atoms with Crippen molar-refractivity contribution in [2.75, 3.05) is 6.16 Å². The second-order valence-electron chi connectivity index (χ2n) is 4.43. The van der Waals surface area contributed by atoms with Crippen molar-refractivity contribution >= 4 is 13.3 Å². The maximum absolute atomic E-state index is 12.1. The molecule has 1 aromatic rings. The van der Waals surface area contributed by atoms with Crippen LogP contribution in [0.1, 0.15) is 17.5 Å². The van der Waals surface area contributed by atoms with Crippen molar-refractivity contribution in [2.45, 2.75) is 24.9 Å². The van der Waals surface area contributed by atoms with E-state index >= 15 is 0 Å². The molecule has 5 heteroatoms. The van der Waals surface area contributed by atoms with Gasteiger partial charge in [-0.2, -0.15) is 0 Å². The van der Waals surface area contributed by atoms with E-state index in [4.69, 9.17) is 0 Å². The molecule has 0 amide bonds. The van der Waals surface area contributed by atoms with Gasteiger partial charge in [0.1, 0.15) is 0 Å². The van der Waals surface area contributed by atoms with Gasteiger partial charge in [0.25, 0.3) is 0 Å². The minimum Gasteiger partial charge on any atom is -0.550 e. The molecule has 0 bridgehead atoms. The molecule has 1 N–H and O–H groups in total. The number of rotatable bonds is 4. The van der Waals surface area contributed by atoms with Gasteiger partial charge in [0.15, 0.2) is 0 Å². The van der Waals surface area contributed by atoms with E-state index in [0.29, 0.717) is 12.8 Å². The van der Waals surface area contributed by atoms with Gasteiger partial charge in [-0.3, -0.25) is 4.57 Å². The molecular formula is C12H14O4P-. The fraction of sp³-hybridized carbons (Fsp3) is 0.417. The molecule has 4 nitrogen and oxygen atoms in total. The van der Waals surface area contributed by atoms with Crippen LogP contribution in [0.15, 0.2) is 24.3 Å². The molecule has 1 aliphatic rings. The lowest BCUT2D eigenvalue weighted by Gasteiger charge is -2.18. The lowest BCUT2D eigenvalue weighted by Crippen LogP contribution is -2.24. The van der Waals surface area contributed by atoms with Crippen molar-refractivity contribution < 1.29 is 19.4 Å². The average molecular weight is 253 g/mol. The van der Waals surface area contributed by atoms with Crippen LogP contribution in [-0.2, 0) is 22.2 Å². The molecule has 0 spiro atoms. The minimum atomic E-state index is -3.40. The summed E-state index contributed by atoms with van der Waals surface area (Å²) in [5.74, 6) is -1.27. The van der Waals surface area contributed by atoms with Gasteiger partial charge < -0.3 is 14.8 Å². The number of carbonyl (C=O) groups excluding carboxylic acids is 1. The Morgan fingerprint density at radius 3 is 2.35 bits per heavy atom. The van der Waals surface area contributed by atoms with Gasteiger partial charge >= 0.3 is 0 Å². The van der Waals surface area contributed by atoms with Crippen molar-refractivity contribution in [3.05, 3.63) is 35.4 Å². The van der Waals surface area contributed by atoms with Crippen LogP contribution in [0.25, 0.3) is 0 Å². The van der Waals surface area contributed by atoms with E-state index < -0.39 is 13.3 Å². The van der Waals surface area contributed by atoms with Crippen molar-refractivity contribution in [2.24, 2.45) is 0 Å². The summed E-state index contributed by atoms with van der Waals surface area (Å²) in [6.45, 7) is 0. The Morgan fingerprint density at radius 2 is 1.88 bits per heavy atom. The molecule has 0 heterocycles. The third kappa shape index (κ3) is 2.76. The SMILES string of the molecule is O=C([O-])CCP(=O)(O)C1Cc2ccccc2C1. The average Bonchev–Trinajstić information content (AvgIpc) is 2.71. The summed E-state index contributed by atoms with van der Waals surface area (Å²) in [6, 6.07) is 7.72. The molecular weight excluding hydrogens is 239 g/mol. The second-order valence-corrected chi connectivity index (χ2v) is 7.12. The summed E-state index contributed by atoms with van der Waals surface area (Å²) in [6.07, 6.45) is 0.600. The zero-order valence-electron chi connectivity index (χ0n) is 9.33. The Labute approximate surface area is 99.7 Å². The van der Waals surface area contributed by atoms with Gasteiger partial charge in [0.2, 0.25) is 7.37 Å². The summed E-state index contributed by atoms with van der Waals surface area (Å²) in [4.78, 5) is 20.2. The molecule has 0 radical (unpaired) electrons. The first kappa shape index (κ1) is 12.3. The maximum Gasteiger partial charge on any atom is 0.204 e. The van der Waals surface area contributed by atoms with Gasteiger partial charge in [-0.25, -0.2) is 0 Å². The molecule has 1 unspecified atom stereocenters. The monoisotopic (exact) mass is 253 g/mol. The van der Waals surface area contributed by atoms with Gasteiger partial charge in [-0.1, -0.05) is 24.3 Å². The van der Waals surface area contributed by atoms with Gasteiger partial charge in [-0.05, 0) is 30.4 Å². The molecule has 1 aromatic carbocycles. The Balaban J connectivity index is 2.06. The molecule has 2 rings (SSSR count). The number of carboxylic acid groups (broad SMARTS) is 1.